The summed E-state index contributed by atoms with van der Waals surface area (Å²) in [5.74, 6) is -1.35. The Morgan fingerprint density at radius 1 is 1.13 bits per heavy atom. The largest absolute Gasteiger partial charge is 0.325 e. The van der Waals surface area contributed by atoms with E-state index in [0.29, 0.717) is 23.6 Å². The molecule has 1 aromatic carbocycles. The van der Waals surface area contributed by atoms with Gasteiger partial charge in [0.2, 0.25) is 17.5 Å². The van der Waals surface area contributed by atoms with Gasteiger partial charge in [0.25, 0.3) is 0 Å². The lowest BCUT2D eigenvalue weighted by Crippen LogP contribution is -2.47. The highest BCUT2D eigenvalue weighted by molar-refractivity contribution is 6.49. The van der Waals surface area contributed by atoms with Crippen molar-refractivity contribution >= 4 is 34.8 Å². The van der Waals surface area contributed by atoms with Crippen molar-refractivity contribution in [2.75, 3.05) is 5.32 Å². The molecule has 2 saturated carbocycles. The summed E-state index contributed by atoms with van der Waals surface area (Å²) in [6.45, 7) is 7.32. The van der Waals surface area contributed by atoms with Crippen LogP contribution in [-0.2, 0) is 14.4 Å². The van der Waals surface area contributed by atoms with Crippen LogP contribution in [0.3, 0.4) is 0 Å². The fourth-order valence-corrected chi connectivity index (χ4v) is 4.42. The topological polar surface area (TPSA) is 63.2 Å². The van der Waals surface area contributed by atoms with Crippen molar-refractivity contribution in [3.63, 3.8) is 0 Å². The van der Waals surface area contributed by atoms with Crippen LogP contribution in [0.4, 0.5) is 5.69 Å². The first-order chi connectivity index (χ1) is 10.6. The van der Waals surface area contributed by atoms with Gasteiger partial charge in [0.15, 0.2) is 0 Å². The van der Waals surface area contributed by atoms with E-state index in [1.54, 1.807) is 32.0 Å². The van der Waals surface area contributed by atoms with Crippen molar-refractivity contribution in [2.45, 2.75) is 40.5 Å². The highest BCUT2D eigenvalue weighted by atomic mass is 35.5. The van der Waals surface area contributed by atoms with Gasteiger partial charge in [0, 0.05) is 16.1 Å². The zero-order valence-electron chi connectivity index (χ0n) is 13.7. The highest BCUT2D eigenvalue weighted by Crippen LogP contribution is 2.69. The maximum atomic E-state index is 13.0. The lowest BCUT2D eigenvalue weighted by molar-refractivity contribution is -0.147. The molecule has 0 unspecified atom stereocenters. The molecule has 1 N–H and O–H groups in total. The van der Waals surface area contributed by atoms with Gasteiger partial charge in [-0.15, -0.1) is 0 Å². The van der Waals surface area contributed by atoms with Crippen LogP contribution >= 0.6 is 11.6 Å². The standard InChI is InChI=1S/C18H20ClNO3/c1-10-11(19)6-5-7-12(10)20-15(23)18-9-8-17(4,16(18,2)3)13(21)14(18)22/h5-7H,8-9H2,1-4H3,(H,20,23)/t17-,18+/m0/s1. The number of ketones is 2. The Balaban J connectivity index is 2.04. The van der Waals surface area contributed by atoms with E-state index in [2.05, 4.69) is 5.32 Å². The van der Waals surface area contributed by atoms with E-state index in [0.717, 1.165) is 5.56 Å². The Labute approximate surface area is 140 Å². The van der Waals surface area contributed by atoms with Crippen LogP contribution < -0.4 is 5.32 Å². The number of anilines is 1. The SMILES string of the molecule is Cc1c(Cl)cccc1NC(=O)[C@@]12CC[C@@](C)(C(=O)C1=O)C2(C)C. The van der Waals surface area contributed by atoms with E-state index in [4.69, 9.17) is 11.6 Å². The quantitative estimate of drug-likeness (QED) is 0.665. The van der Waals surface area contributed by atoms with Gasteiger partial charge in [-0.2, -0.15) is 0 Å². The fourth-order valence-electron chi connectivity index (χ4n) is 4.24. The maximum Gasteiger partial charge on any atom is 0.239 e. The monoisotopic (exact) mass is 333 g/mol. The van der Waals surface area contributed by atoms with Crippen LogP contribution in [0, 0.1) is 23.2 Å². The minimum atomic E-state index is -1.28. The summed E-state index contributed by atoms with van der Waals surface area (Å²) in [7, 11) is 0. The second-order valence-corrected chi connectivity index (χ2v) is 7.79. The van der Waals surface area contributed by atoms with Crippen molar-refractivity contribution in [1.82, 2.24) is 0 Å². The van der Waals surface area contributed by atoms with Gasteiger partial charge >= 0.3 is 0 Å². The number of carbonyl (C=O) groups excluding carboxylic acids is 3. The molecule has 122 valence electrons. The second kappa shape index (κ2) is 4.67. The minimum Gasteiger partial charge on any atom is -0.325 e. The average molecular weight is 334 g/mol. The number of fused-ring (bicyclic) bond motifs is 2. The molecule has 5 heteroatoms. The van der Waals surface area contributed by atoms with Crippen molar-refractivity contribution in [3.05, 3.63) is 28.8 Å². The number of hydrogen-bond acceptors (Lipinski definition) is 3. The summed E-state index contributed by atoms with van der Waals surface area (Å²) < 4.78 is 0. The third-order valence-electron chi connectivity index (χ3n) is 6.44. The molecule has 2 aliphatic carbocycles. The van der Waals surface area contributed by atoms with Crippen LogP contribution in [-0.4, -0.2) is 17.5 Å². The summed E-state index contributed by atoms with van der Waals surface area (Å²) in [5, 5.41) is 3.38. The first kappa shape index (κ1) is 16.2. The number of hydrogen-bond donors (Lipinski definition) is 1. The molecule has 1 amide bonds. The number of halogens is 1. The van der Waals surface area contributed by atoms with E-state index in [1.807, 2.05) is 13.8 Å². The molecule has 0 aromatic heterocycles. The molecule has 0 saturated heterocycles. The summed E-state index contributed by atoms with van der Waals surface area (Å²) in [5.41, 5.74) is -1.42. The molecule has 0 spiro atoms. The number of benzene rings is 1. The lowest BCUT2D eigenvalue weighted by atomic mass is 9.64. The van der Waals surface area contributed by atoms with E-state index in [9.17, 15) is 14.4 Å². The van der Waals surface area contributed by atoms with Crippen LogP contribution in [0.5, 0.6) is 0 Å². The highest BCUT2D eigenvalue weighted by Gasteiger charge is 2.77. The zero-order valence-corrected chi connectivity index (χ0v) is 14.5. The zero-order chi connectivity index (χ0) is 17.2. The molecule has 2 aliphatic rings. The Kier molecular flexibility index (Phi) is 3.28. The Morgan fingerprint density at radius 3 is 2.35 bits per heavy atom. The van der Waals surface area contributed by atoms with E-state index in [1.165, 1.54) is 0 Å². The van der Waals surface area contributed by atoms with Crippen LogP contribution in [0.2, 0.25) is 5.02 Å². The van der Waals surface area contributed by atoms with Gasteiger partial charge in [-0.05, 0) is 42.9 Å². The molecule has 0 aliphatic heterocycles. The van der Waals surface area contributed by atoms with E-state index in [-0.39, 0.29) is 0 Å². The molecule has 3 rings (SSSR count). The van der Waals surface area contributed by atoms with Crippen molar-refractivity contribution in [2.24, 2.45) is 16.2 Å². The summed E-state index contributed by atoms with van der Waals surface area (Å²) in [6, 6.07) is 5.23. The Hall–Kier alpha value is -1.68. The molecule has 4 nitrogen and oxygen atoms in total. The molecule has 0 radical (unpaired) electrons. The number of Topliss-reactive ketones (excluding diaryl/α,β-unsaturated/α-hetero) is 2. The van der Waals surface area contributed by atoms with Gasteiger partial charge in [-0.25, -0.2) is 0 Å². The predicted octanol–water partition coefficient (Wildman–Crippen LogP) is 3.55. The van der Waals surface area contributed by atoms with Gasteiger partial charge < -0.3 is 5.32 Å². The van der Waals surface area contributed by atoms with Crippen LogP contribution in [0.1, 0.15) is 39.2 Å². The molecule has 1 aromatic rings. The fraction of sp³-hybridized carbons (Fsp3) is 0.500. The van der Waals surface area contributed by atoms with Crippen LogP contribution in [0.25, 0.3) is 0 Å². The van der Waals surface area contributed by atoms with Gasteiger partial charge in [0.1, 0.15) is 5.41 Å². The normalized spacial score (nSPS) is 31.5. The van der Waals surface area contributed by atoms with Gasteiger partial charge in [-0.3, -0.25) is 14.4 Å². The van der Waals surface area contributed by atoms with Crippen molar-refractivity contribution in [1.29, 1.82) is 0 Å². The van der Waals surface area contributed by atoms with Crippen LogP contribution in [0.15, 0.2) is 18.2 Å². The average Bonchev–Trinajstić information content (AvgIpc) is 2.76. The molecule has 2 bridgehead atoms. The lowest BCUT2D eigenvalue weighted by Gasteiger charge is -2.37. The molecular formula is C18H20ClNO3. The maximum absolute atomic E-state index is 13.0. The Morgan fingerprint density at radius 2 is 1.78 bits per heavy atom. The molecular weight excluding hydrogens is 314 g/mol. The van der Waals surface area contributed by atoms with Crippen molar-refractivity contribution in [3.8, 4) is 0 Å². The van der Waals surface area contributed by atoms with E-state index >= 15 is 0 Å². The number of carbonyl (C=O) groups is 3. The van der Waals surface area contributed by atoms with E-state index < -0.39 is 33.7 Å². The first-order valence-electron chi connectivity index (χ1n) is 7.75. The van der Waals surface area contributed by atoms with Gasteiger partial charge in [-0.1, -0.05) is 38.4 Å². The molecule has 0 heterocycles. The molecule has 2 atom stereocenters. The Bertz CT molecular complexity index is 755. The number of amides is 1. The second-order valence-electron chi connectivity index (χ2n) is 7.39. The number of rotatable bonds is 2. The van der Waals surface area contributed by atoms with Crippen molar-refractivity contribution < 1.29 is 14.4 Å². The third kappa shape index (κ3) is 1.70. The predicted molar refractivity (Wildman–Crippen MR) is 88.4 cm³/mol. The minimum absolute atomic E-state index is 0.396. The summed E-state index contributed by atoms with van der Waals surface area (Å²) >= 11 is 6.09. The first-order valence-corrected chi connectivity index (χ1v) is 8.13. The van der Waals surface area contributed by atoms with Gasteiger partial charge in [0.05, 0.1) is 0 Å². The summed E-state index contributed by atoms with van der Waals surface area (Å²) in [6.07, 6.45) is 0.971. The number of nitrogens with one attached hydrogen (secondary N) is 1. The summed E-state index contributed by atoms with van der Waals surface area (Å²) in [4.78, 5) is 38.1. The molecule has 23 heavy (non-hydrogen) atoms. The smallest absolute Gasteiger partial charge is 0.239 e. The third-order valence-corrected chi connectivity index (χ3v) is 6.85. The molecule has 2 fully saturated rings.